The van der Waals surface area contributed by atoms with Crippen molar-refractivity contribution in [2.24, 2.45) is 5.73 Å². The van der Waals surface area contributed by atoms with E-state index >= 15 is 0 Å². The Morgan fingerprint density at radius 1 is 1.05 bits per heavy atom. The first-order valence-electron chi connectivity index (χ1n) is 6.82. The van der Waals surface area contributed by atoms with E-state index in [4.69, 9.17) is 5.73 Å². The van der Waals surface area contributed by atoms with Crippen LogP contribution in [0, 0.1) is 5.82 Å². The Kier molecular flexibility index (Phi) is 4.69. The lowest BCUT2D eigenvalue weighted by Gasteiger charge is -2.09. The van der Waals surface area contributed by atoms with Crippen molar-refractivity contribution in [3.63, 3.8) is 0 Å². The van der Waals surface area contributed by atoms with Gasteiger partial charge in [-0.2, -0.15) is 0 Å². The number of halogens is 1. The number of hydrogen-bond donors (Lipinski definition) is 1. The lowest BCUT2D eigenvalue weighted by Crippen LogP contribution is -1.99. The summed E-state index contributed by atoms with van der Waals surface area (Å²) in [6.45, 7) is 2.61. The standard InChI is InChI=1S/C17H20FN/c1-2-3-4-13-5-7-14(8-6-13)17-11-16(18)10-9-15(17)12-19/h5-11H,2-4,12,19H2,1H3. The summed E-state index contributed by atoms with van der Waals surface area (Å²) >= 11 is 0. The molecule has 0 aliphatic carbocycles. The van der Waals surface area contributed by atoms with E-state index in [9.17, 15) is 4.39 Å². The summed E-state index contributed by atoms with van der Waals surface area (Å²) in [4.78, 5) is 0. The monoisotopic (exact) mass is 257 g/mol. The quantitative estimate of drug-likeness (QED) is 0.849. The molecule has 0 amide bonds. The van der Waals surface area contributed by atoms with Gasteiger partial charge in [0, 0.05) is 6.54 Å². The van der Waals surface area contributed by atoms with Crippen LogP contribution in [0.25, 0.3) is 11.1 Å². The average molecular weight is 257 g/mol. The zero-order chi connectivity index (χ0) is 13.7. The van der Waals surface area contributed by atoms with Gasteiger partial charge in [-0.15, -0.1) is 0 Å². The van der Waals surface area contributed by atoms with E-state index in [1.807, 2.05) is 0 Å². The van der Waals surface area contributed by atoms with Crippen molar-refractivity contribution in [3.05, 3.63) is 59.4 Å². The second kappa shape index (κ2) is 6.48. The van der Waals surface area contributed by atoms with Crippen molar-refractivity contribution in [1.29, 1.82) is 0 Å². The third-order valence-electron chi connectivity index (χ3n) is 3.38. The first-order valence-corrected chi connectivity index (χ1v) is 6.82. The highest BCUT2D eigenvalue weighted by Crippen LogP contribution is 2.25. The van der Waals surface area contributed by atoms with E-state index in [2.05, 4.69) is 31.2 Å². The Hall–Kier alpha value is -1.67. The fourth-order valence-corrected chi connectivity index (χ4v) is 2.23. The average Bonchev–Trinajstić information content (AvgIpc) is 2.45. The molecule has 0 heterocycles. The molecule has 0 radical (unpaired) electrons. The highest BCUT2D eigenvalue weighted by Gasteiger charge is 2.05. The van der Waals surface area contributed by atoms with Crippen LogP contribution in [-0.4, -0.2) is 0 Å². The third-order valence-corrected chi connectivity index (χ3v) is 3.38. The molecule has 19 heavy (non-hydrogen) atoms. The Morgan fingerprint density at radius 3 is 2.42 bits per heavy atom. The summed E-state index contributed by atoms with van der Waals surface area (Å²) in [5.74, 6) is -0.220. The minimum absolute atomic E-state index is 0.220. The Balaban J connectivity index is 2.29. The van der Waals surface area contributed by atoms with Gasteiger partial charge < -0.3 is 5.73 Å². The van der Waals surface area contributed by atoms with Gasteiger partial charge in [0.25, 0.3) is 0 Å². The maximum atomic E-state index is 13.4. The molecule has 0 aliphatic rings. The van der Waals surface area contributed by atoms with Crippen LogP contribution in [0.2, 0.25) is 0 Å². The van der Waals surface area contributed by atoms with Crippen molar-refractivity contribution in [2.45, 2.75) is 32.7 Å². The topological polar surface area (TPSA) is 26.0 Å². The second-order valence-electron chi connectivity index (χ2n) is 4.81. The predicted molar refractivity (Wildman–Crippen MR) is 78.3 cm³/mol. The fraction of sp³-hybridized carbons (Fsp3) is 0.294. The molecule has 0 saturated heterocycles. The molecule has 0 unspecified atom stereocenters. The van der Waals surface area contributed by atoms with Crippen LogP contribution in [0.4, 0.5) is 4.39 Å². The zero-order valence-electron chi connectivity index (χ0n) is 11.3. The highest BCUT2D eigenvalue weighted by atomic mass is 19.1. The lowest BCUT2D eigenvalue weighted by molar-refractivity contribution is 0.627. The van der Waals surface area contributed by atoms with E-state index in [0.717, 1.165) is 23.1 Å². The summed E-state index contributed by atoms with van der Waals surface area (Å²) in [6, 6.07) is 13.1. The first kappa shape index (κ1) is 13.8. The van der Waals surface area contributed by atoms with Crippen molar-refractivity contribution in [3.8, 4) is 11.1 Å². The molecule has 2 N–H and O–H groups in total. The van der Waals surface area contributed by atoms with Crippen molar-refractivity contribution in [2.75, 3.05) is 0 Å². The van der Waals surface area contributed by atoms with E-state index in [1.165, 1.54) is 24.5 Å². The minimum atomic E-state index is -0.220. The first-order chi connectivity index (χ1) is 9.24. The molecule has 2 aromatic carbocycles. The number of rotatable bonds is 5. The minimum Gasteiger partial charge on any atom is -0.326 e. The zero-order valence-corrected chi connectivity index (χ0v) is 11.3. The van der Waals surface area contributed by atoms with E-state index in [-0.39, 0.29) is 5.82 Å². The molecule has 0 bridgehead atoms. The van der Waals surface area contributed by atoms with Crippen LogP contribution in [0.1, 0.15) is 30.9 Å². The SMILES string of the molecule is CCCCc1ccc(-c2cc(F)ccc2CN)cc1. The summed E-state index contributed by atoms with van der Waals surface area (Å²) < 4.78 is 13.4. The molecule has 2 heteroatoms. The Bertz CT molecular complexity index is 531. The van der Waals surface area contributed by atoms with Crippen LogP contribution in [0.5, 0.6) is 0 Å². The van der Waals surface area contributed by atoms with Gasteiger partial charge in [0.1, 0.15) is 5.82 Å². The maximum absolute atomic E-state index is 13.4. The molecule has 0 spiro atoms. The maximum Gasteiger partial charge on any atom is 0.123 e. The number of aryl methyl sites for hydroxylation is 1. The molecule has 0 fully saturated rings. The highest BCUT2D eigenvalue weighted by molar-refractivity contribution is 5.67. The molecule has 0 aromatic heterocycles. The molecule has 0 atom stereocenters. The van der Waals surface area contributed by atoms with Crippen LogP contribution in [-0.2, 0) is 13.0 Å². The number of nitrogens with two attached hydrogens (primary N) is 1. The Labute approximate surface area is 114 Å². The second-order valence-corrected chi connectivity index (χ2v) is 4.81. The normalized spacial score (nSPS) is 10.7. The van der Waals surface area contributed by atoms with Gasteiger partial charge in [-0.25, -0.2) is 4.39 Å². The van der Waals surface area contributed by atoms with Crippen LogP contribution in [0.15, 0.2) is 42.5 Å². The molecule has 1 nitrogen and oxygen atoms in total. The van der Waals surface area contributed by atoms with Crippen LogP contribution >= 0.6 is 0 Å². The van der Waals surface area contributed by atoms with Crippen molar-refractivity contribution >= 4 is 0 Å². The summed E-state index contributed by atoms with van der Waals surface area (Å²) in [5, 5.41) is 0. The van der Waals surface area contributed by atoms with Gasteiger partial charge in [0.2, 0.25) is 0 Å². The molecular formula is C17H20FN. The van der Waals surface area contributed by atoms with Crippen molar-refractivity contribution < 1.29 is 4.39 Å². The van der Waals surface area contributed by atoms with Gasteiger partial charge in [-0.05, 0) is 47.2 Å². The number of unbranched alkanes of at least 4 members (excludes halogenated alkanes) is 1. The molecular weight excluding hydrogens is 237 g/mol. The smallest absolute Gasteiger partial charge is 0.123 e. The molecule has 100 valence electrons. The fourth-order valence-electron chi connectivity index (χ4n) is 2.23. The van der Waals surface area contributed by atoms with Crippen LogP contribution in [0.3, 0.4) is 0 Å². The summed E-state index contributed by atoms with van der Waals surface area (Å²) in [5.41, 5.74) is 9.94. The van der Waals surface area contributed by atoms with E-state index < -0.39 is 0 Å². The lowest BCUT2D eigenvalue weighted by atomic mass is 9.97. The van der Waals surface area contributed by atoms with E-state index in [1.54, 1.807) is 12.1 Å². The van der Waals surface area contributed by atoms with Gasteiger partial charge in [0.05, 0.1) is 0 Å². The molecule has 2 rings (SSSR count). The molecule has 2 aromatic rings. The summed E-state index contributed by atoms with van der Waals surface area (Å²) in [7, 11) is 0. The molecule has 0 aliphatic heterocycles. The van der Waals surface area contributed by atoms with Crippen molar-refractivity contribution in [1.82, 2.24) is 0 Å². The molecule has 0 saturated carbocycles. The van der Waals surface area contributed by atoms with Gasteiger partial charge in [0.15, 0.2) is 0 Å². The largest absolute Gasteiger partial charge is 0.326 e. The number of benzene rings is 2. The van der Waals surface area contributed by atoms with Gasteiger partial charge >= 0.3 is 0 Å². The third kappa shape index (κ3) is 3.42. The van der Waals surface area contributed by atoms with Gasteiger partial charge in [-0.1, -0.05) is 43.7 Å². The Morgan fingerprint density at radius 2 is 1.79 bits per heavy atom. The predicted octanol–water partition coefficient (Wildman–Crippen LogP) is 4.29. The summed E-state index contributed by atoms with van der Waals surface area (Å²) in [6.07, 6.45) is 3.50. The van der Waals surface area contributed by atoms with E-state index in [0.29, 0.717) is 6.54 Å². The van der Waals surface area contributed by atoms with Crippen LogP contribution < -0.4 is 5.73 Å². The number of hydrogen-bond acceptors (Lipinski definition) is 1. The van der Waals surface area contributed by atoms with Gasteiger partial charge in [-0.3, -0.25) is 0 Å².